The van der Waals surface area contributed by atoms with Crippen LogP contribution in [0.2, 0.25) is 0 Å². The van der Waals surface area contributed by atoms with Gasteiger partial charge in [-0.05, 0) is 13.8 Å². The number of methoxy groups -OCH3 is 2. The lowest BCUT2D eigenvalue weighted by Gasteiger charge is -2.10. The summed E-state index contributed by atoms with van der Waals surface area (Å²) in [6.07, 6.45) is 0. The van der Waals surface area contributed by atoms with Crippen molar-refractivity contribution in [3.05, 3.63) is 29.7 Å². The minimum atomic E-state index is -4.05. The van der Waals surface area contributed by atoms with E-state index in [1.54, 1.807) is 6.07 Å². The lowest BCUT2D eigenvalue weighted by Crippen LogP contribution is -2.11. The fraction of sp³-hybridized carbons (Fsp3) is 0.308. The van der Waals surface area contributed by atoms with Gasteiger partial charge in [0.15, 0.2) is 10.7 Å². The summed E-state index contributed by atoms with van der Waals surface area (Å²) < 4.78 is 44.7. The Morgan fingerprint density at radius 2 is 1.52 bits per heavy atom. The third kappa shape index (κ3) is 3.10. The quantitative estimate of drug-likeness (QED) is 0.781. The summed E-state index contributed by atoms with van der Waals surface area (Å²) in [7, 11) is -1.13. The van der Waals surface area contributed by atoms with Crippen molar-refractivity contribution >= 4 is 10.1 Å². The summed E-state index contributed by atoms with van der Waals surface area (Å²) in [6.45, 7) is 3.03. The van der Waals surface area contributed by atoms with Crippen LogP contribution in [0.4, 0.5) is 0 Å². The van der Waals surface area contributed by atoms with E-state index in [0.717, 1.165) is 0 Å². The summed E-state index contributed by atoms with van der Waals surface area (Å²) >= 11 is 0. The molecule has 0 bridgehead atoms. The van der Waals surface area contributed by atoms with Crippen LogP contribution in [-0.4, -0.2) is 27.8 Å². The van der Waals surface area contributed by atoms with E-state index in [0.29, 0.717) is 11.5 Å². The van der Waals surface area contributed by atoms with E-state index in [1.807, 2.05) is 0 Å². The molecule has 7 nitrogen and oxygen atoms in total. The Labute approximate surface area is 122 Å². The van der Waals surface area contributed by atoms with Crippen molar-refractivity contribution in [2.24, 2.45) is 0 Å². The van der Waals surface area contributed by atoms with Crippen LogP contribution >= 0.6 is 0 Å². The maximum atomic E-state index is 12.3. The third-order valence-electron chi connectivity index (χ3n) is 2.75. The van der Waals surface area contributed by atoms with Crippen LogP contribution in [0, 0.1) is 13.8 Å². The van der Waals surface area contributed by atoms with Gasteiger partial charge < -0.3 is 18.2 Å². The van der Waals surface area contributed by atoms with Gasteiger partial charge in [0.1, 0.15) is 22.9 Å². The van der Waals surface area contributed by atoms with Crippen molar-refractivity contribution in [3.63, 3.8) is 0 Å². The van der Waals surface area contributed by atoms with Gasteiger partial charge in [-0.2, -0.15) is 8.42 Å². The smallest absolute Gasteiger partial charge is 0.344 e. The number of hydrogen-bond acceptors (Lipinski definition) is 7. The normalized spacial score (nSPS) is 11.2. The Hall–Kier alpha value is -2.22. The molecule has 2 rings (SSSR count). The molecule has 8 heteroatoms. The van der Waals surface area contributed by atoms with E-state index in [9.17, 15) is 8.42 Å². The van der Waals surface area contributed by atoms with Crippen LogP contribution in [0.15, 0.2) is 27.6 Å². The van der Waals surface area contributed by atoms with Crippen LogP contribution in [0.25, 0.3) is 0 Å². The van der Waals surface area contributed by atoms with Crippen molar-refractivity contribution < 1.29 is 26.6 Å². The molecule has 0 amide bonds. The van der Waals surface area contributed by atoms with E-state index < -0.39 is 10.1 Å². The molecule has 0 atom stereocenters. The van der Waals surface area contributed by atoms with Crippen molar-refractivity contribution in [3.8, 4) is 17.2 Å². The van der Waals surface area contributed by atoms with Crippen LogP contribution in [-0.2, 0) is 10.1 Å². The van der Waals surface area contributed by atoms with Crippen LogP contribution in [0.3, 0.4) is 0 Å². The minimum absolute atomic E-state index is 0.0752. The number of nitrogens with zero attached hydrogens (tertiary/aromatic N) is 1. The fourth-order valence-corrected chi connectivity index (χ4v) is 3.05. The zero-order chi connectivity index (χ0) is 15.6. The molecular weight excluding hydrogens is 298 g/mol. The number of aryl methyl sites for hydroxylation is 2. The highest BCUT2D eigenvalue weighted by atomic mass is 32.2. The van der Waals surface area contributed by atoms with E-state index in [-0.39, 0.29) is 22.1 Å². The van der Waals surface area contributed by atoms with Gasteiger partial charge in [0.2, 0.25) is 0 Å². The Morgan fingerprint density at radius 3 is 1.95 bits per heavy atom. The van der Waals surface area contributed by atoms with E-state index >= 15 is 0 Å². The largest absolute Gasteiger partial charge is 0.496 e. The number of hydrogen-bond donors (Lipinski definition) is 0. The average Bonchev–Trinajstić information content (AvgIpc) is 2.77. The maximum Gasteiger partial charge on any atom is 0.344 e. The van der Waals surface area contributed by atoms with E-state index in [4.69, 9.17) is 18.2 Å². The van der Waals surface area contributed by atoms with Gasteiger partial charge in [0.25, 0.3) is 0 Å². The summed E-state index contributed by atoms with van der Waals surface area (Å²) in [4.78, 5) is -0.0794. The monoisotopic (exact) mass is 313 g/mol. The Bertz CT molecular complexity index is 708. The lowest BCUT2D eigenvalue weighted by atomic mass is 10.3. The zero-order valence-corrected chi connectivity index (χ0v) is 12.9. The molecule has 0 N–H and O–H groups in total. The molecule has 0 unspecified atom stereocenters. The van der Waals surface area contributed by atoms with Gasteiger partial charge in [-0.25, -0.2) is 0 Å². The Morgan fingerprint density at radius 1 is 1.00 bits per heavy atom. The molecule has 0 radical (unpaired) electrons. The highest BCUT2D eigenvalue weighted by Gasteiger charge is 2.26. The first-order valence-electron chi connectivity index (χ1n) is 5.98. The molecule has 114 valence electrons. The summed E-state index contributed by atoms with van der Waals surface area (Å²) in [5, 5.41) is 3.61. The van der Waals surface area contributed by atoms with E-state index in [1.165, 1.54) is 40.2 Å². The molecule has 1 heterocycles. The van der Waals surface area contributed by atoms with Gasteiger partial charge in [0, 0.05) is 18.2 Å². The lowest BCUT2D eigenvalue weighted by molar-refractivity contribution is 0.388. The Kier molecular flexibility index (Phi) is 4.08. The number of ether oxygens (including phenoxy) is 2. The molecule has 0 saturated heterocycles. The first-order chi connectivity index (χ1) is 9.87. The topological polar surface area (TPSA) is 87.9 Å². The second-order valence-corrected chi connectivity index (χ2v) is 5.72. The number of aromatic nitrogens is 1. The SMILES string of the molecule is COc1cc(OC)cc(OS(=O)(=O)c2c(C)noc2C)c1. The van der Waals surface area contributed by atoms with Crippen molar-refractivity contribution in [1.82, 2.24) is 5.16 Å². The van der Waals surface area contributed by atoms with Gasteiger partial charge in [0.05, 0.1) is 14.2 Å². The van der Waals surface area contributed by atoms with Gasteiger partial charge in [-0.15, -0.1) is 0 Å². The fourth-order valence-electron chi connectivity index (χ4n) is 1.83. The van der Waals surface area contributed by atoms with Crippen molar-refractivity contribution in [1.29, 1.82) is 0 Å². The predicted octanol–water partition coefficient (Wildman–Crippen LogP) is 2.08. The summed E-state index contributed by atoms with van der Waals surface area (Å²) in [5.74, 6) is 1.07. The molecule has 21 heavy (non-hydrogen) atoms. The summed E-state index contributed by atoms with van der Waals surface area (Å²) in [6, 6.07) is 4.49. The van der Waals surface area contributed by atoms with Crippen molar-refractivity contribution in [2.45, 2.75) is 18.7 Å². The van der Waals surface area contributed by atoms with Crippen LogP contribution < -0.4 is 13.7 Å². The molecular formula is C13H15NO6S. The molecule has 2 aromatic rings. The first kappa shape index (κ1) is 15.2. The Balaban J connectivity index is 2.41. The van der Waals surface area contributed by atoms with Crippen molar-refractivity contribution in [2.75, 3.05) is 14.2 Å². The highest BCUT2D eigenvalue weighted by molar-refractivity contribution is 7.87. The van der Waals surface area contributed by atoms with Gasteiger partial charge in [-0.1, -0.05) is 5.16 Å². The summed E-state index contributed by atoms with van der Waals surface area (Å²) in [5.41, 5.74) is 0.238. The van der Waals surface area contributed by atoms with Gasteiger partial charge >= 0.3 is 10.1 Å². The predicted molar refractivity (Wildman–Crippen MR) is 73.3 cm³/mol. The van der Waals surface area contributed by atoms with Gasteiger partial charge in [-0.3, -0.25) is 0 Å². The second-order valence-electron chi connectivity index (χ2n) is 4.24. The molecule has 1 aromatic carbocycles. The third-order valence-corrected chi connectivity index (χ3v) is 4.24. The number of rotatable bonds is 5. The van der Waals surface area contributed by atoms with Crippen LogP contribution in [0.1, 0.15) is 11.5 Å². The number of benzene rings is 1. The second kappa shape index (κ2) is 5.65. The zero-order valence-electron chi connectivity index (χ0n) is 12.0. The molecule has 0 aliphatic heterocycles. The first-order valence-corrected chi connectivity index (χ1v) is 7.38. The molecule has 0 aliphatic rings. The molecule has 0 spiro atoms. The average molecular weight is 313 g/mol. The molecule has 0 fully saturated rings. The molecule has 0 aliphatic carbocycles. The molecule has 1 aromatic heterocycles. The standard InChI is InChI=1S/C13H15NO6S/c1-8-13(9(2)19-14-8)21(15,16)20-12-6-10(17-3)5-11(7-12)18-4/h5-7H,1-4H3. The highest BCUT2D eigenvalue weighted by Crippen LogP contribution is 2.30. The van der Waals surface area contributed by atoms with Crippen LogP contribution in [0.5, 0.6) is 17.2 Å². The maximum absolute atomic E-state index is 12.3. The van der Waals surface area contributed by atoms with E-state index in [2.05, 4.69) is 5.16 Å². The molecule has 0 saturated carbocycles. The minimum Gasteiger partial charge on any atom is -0.496 e.